The van der Waals surface area contributed by atoms with Crippen LogP contribution in [0.3, 0.4) is 0 Å². The Kier molecular flexibility index (Phi) is 4.19. The van der Waals surface area contributed by atoms with Crippen molar-refractivity contribution in [2.75, 3.05) is 32.1 Å². The molecule has 0 unspecified atom stereocenters. The summed E-state index contributed by atoms with van der Waals surface area (Å²) in [6, 6.07) is 8.86. The number of benzene rings is 1. The van der Waals surface area contributed by atoms with E-state index < -0.39 is 0 Å². The minimum absolute atomic E-state index is 0.486. The average Bonchev–Trinajstić information content (AvgIpc) is 2.39. The smallest absolute Gasteiger partial charge is 0.106 e. The van der Waals surface area contributed by atoms with E-state index in [4.69, 9.17) is 18.0 Å². The molecule has 98 valence electrons. The SMILES string of the molecule is CN(C)C1CCN(c2ccccc2C(N)=S)CC1. The van der Waals surface area contributed by atoms with Crippen LogP contribution in [0, 0.1) is 0 Å². The molecule has 1 heterocycles. The van der Waals surface area contributed by atoms with Gasteiger partial charge in [-0.3, -0.25) is 0 Å². The first-order chi connectivity index (χ1) is 8.59. The van der Waals surface area contributed by atoms with E-state index >= 15 is 0 Å². The lowest BCUT2D eigenvalue weighted by Crippen LogP contribution is -2.42. The van der Waals surface area contributed by atoms with Gasteiger partial charge in [-0.15, -0.1) is 0 Å². The number of rotatable bonds is 3. The second-order valence-corrected chi connectivity index (χ2v) is 5.50. The van der Waals surface area contributed by atoms with Crippen molar-refractivity contribution in [1.82, 2.24) is 4.90 Å². The highest BCUT2D eigenvalue weighted by molar-refractivity contribution is 7.80. The van der Waals surface area contributed by atoms with Crippen molar-refractivity contribution in [3.05, 3.63) is 29.8 Å². The third-order valence-electron chi connectivity index (χ3n) is 3.70. The summed E-state index contributed by atoms with van der Waals surface area (Å²) in [6.07, 6.45) is 2.39. The topological polar surface area (TPSA) is 32.5 Å². The summed E-state index contributed by atoms with van der Waals surface area (Å²) in [4.78, 5) is 5.20. The molecule has 0 spiro atoms. The number of hydrogen-bond acceptors (Lipinski definition) is 3. The molecular formula is C14H21N3S. The van der Waals surface area contributed by atoms with Crippen LogP contribution < -0.4 is 10.6 Å². The standard InChI is InChI=1S/C14H21N3S/c1-16(2)11-7-9-17(10-8-11)13-6-4-3-5-12(13)14(15)18/h3-6,11H,7-10H2,1-2H3,(H2,15,18). The molecule has 4 heteroatoms. The molecule has 1 aromatic rings. The summed E-state index contributed by atoms with van der Waals surface area (Å²) in [5.74, 6) is 0. The molecule has 0 aromatic heterocycles. The van der Waals surface area contributed by atoms with Gasteiger partial charge in [0.25, 0.3) is 0 Å². The number of piperidine rings is 1. The molecule has 1 aliphatic heterocycles. The molecule has 0 radical (unpaired) electrons. The van der Waals surface area contributed by atoms with Gasteiger partial charge in [-0.2, -0.15) is 0 Å². The van der Waals surface area contributed by atoms with Gasteiger partial charge >= 0.3 is 0 Å². The quantitative estimate of drug-likeness (QED) is 0.844. The Morgan fingerprint density at radius 1 is 1.28 bits per heavy atom. The van der Waals surface area contributed by atoms with Gasteiger partial charge in [-0.25, -0.2) is 0 Å². The molecule has 0 atom stereocenters. The van der Waals surface area contributed by atoms with E-state index in [1.54, 1.807) is 0 Å². The molecule has 0 saturated carbocycles. The highest BCUT2D eigenvalue weighted by Gasteiger charge is 2.22. The van der Waals surface area contributed by atoms with Gasteiger partial charge in [-0.1, -0.05) is 24.4 Å². The lowest BCUT2D eigenvalue weighted by molar-refractivity contribution is 0.249. The fourth-order valence-electron chi connectivity index (χ4n) is 2.58. The molecule has 0 amide bonds. The predicted octanol–water partition coefficient (Wildman–Crippen LogP) is 1.85. The molecule has 1 fully saturated rings. The monoisotopic (exact) mass is 263 g/mol. The van der Waals surface area contributed by atoms with Crippen LogP contribution in [0.25, 0.3) is 0 Å². The number of hydrogen-bond donors (Lipinski definition) is 1. The van der Waals surface area contributed by atoms with Crippen LogP contribution in [0.4, 0.5) is 5.69 Å². The Hall–Kier alpha value is -1.13. The van der Waals surface area contributed by atoms with Crippen molar-refractivity contribution in [2.24, 2.45) is 5.73 Å². The van der Waals surface area contributed by atoms with Gasteiger partial charge in [0.05, 0.1) is 0 Å². The van der Waals surface area contributed by atoms with Crippen molar-refractivity contribution in [3.63, 3.8) is 0 Å². The van der Waals surface area contributed by atoms with Gasteiger partial charge in [0, 0.05) is 30.4 Å². The fraction of sp³-hybridized carbons (Fsp3) is 0.500. The largest absolute Gasteiger partial charge is 0.389 e. The van der Waals surface area contributed by atoms with Crippen LogP contribution in [0.2, 0.25) is 0 Å². The van der Waals surface area contributed by atoms with E-state index in [0.29, 0.717) is 11.0 Å². The predicted molar refractivity (Wildman–Crippen MR) is 81.3 cm³/mol. The van der Waals surface area contributed by atoms with Crippen molar-refractivity contribution in [3.8, 4) is 0 Å². The zero-order valence-electron chi connectivity index (χ0n) is 11.1. The second kappa shape index (κ2) is 5.67. The number of nitrogens with zero attached hydrogens (tertiary/aromatic N) is 2. The zero-order valence-corrected chi connectivity index (χ0v) is 11.9. The maximum atomic E-state index is 5.79. The molecule has 0 aliphatic carbocycles. The minimum atomic E-state index is 0.486. The van der Waals surface area contributed by atoms with E-state index in [1.807, 2.05) is 12.1 Å². The Morgan fingerprint density at radius 2 is 1.89 bits per heavy atom. The molecule has 3 nitrogen and oxygen atoms in total. The van der Waals surface area contributed by atoms with Gasteiger partial charge < -0.3 is 15.5 Å². The van der Waals surface area contributed by atoms with Crippen molar-refractivity contribution >= 4 is 22.9 Å². The molecular weight excluding hydrogens is 242 g/mol. The van der Waals surface area contributed by atoms with Crippen LogP contribution in [0.15, 0.2) is 24.3 Å². The summed E-state index contributed by atoms with van der Waals surface area (Å²) in [5, 5.41) is 0. The number of nitrogens with two attached hydrogens (primary N) is 1. The Bertz CT molecular complexity index is 423. The maximum Gasteiger partial charge on any atom is 0.106 e. The van der Waals surface area contributed by atoms with E-state index in [2.05, 4.69) is 36.0 Å². The summed E-state index contributed by atoms with van der Waals surface area (Å²) in [6.45, 7) is 2.14. The maximum absolute atomic E-state index is 5.79. The van der Waals surface area contributed by atoms with Crippen LogP contribution in [0.1, 0.15) is 18.4 Å². The van der Waals surface area contributed by atoms with Crippen molar-refractivity contribution in [1.29, 1.82) is 0 Å². The number of para-hydroxylation sites is 1. The Morgan fingerprint density at radius 3 is 2.44 bits per heavy atom. The molecule has 1 aliphatic rings. The van der Waals surface area contributed by atoms with Crippen LogP contribution in [0.5, 0.6) is 0 Å². The fourth-order valence-corrected chi connectivity index (χ4v) is 2.75. The second-order valence-electron chi connectivity index (χ2n) is 5.06. The van der Waals surface area contributed by atoms with Crippen molar-refractivity contribution < 1.29 is 0 Å². The molecule has 18 heavy (non-hydrogen) atoms. The molecule has 1 aromatic carbocycles. The first kappa shape index (κ1) is 13.3. The van der Waals surface area contributed by atoms with Gasteiger partial charge in [-0.05, 0) is 39.1 Å². The van der Waals surface area contributed by atoms with E-state index in [9.17, 15) is 0 Å². The molecule has 2 rings (SSSR count). The van der Waals surface area contributed by atoms with Gasteiger partial charge in [0.2, 0.25) is 0 Å². The highest BCUT2D eigenvalue weighted by atomic mass is 32.1. The summed E-state index contributed by atoms with van der Waals surface area (Å²) in [5.41, 5.74) is 7.97. The third-order valence-corrected chi connectivity index (χ3v) is 3.92. The highest BCUT2D eigenvalue weighted by Crippen LogP contribution is 2.25. The average molecular weight is 263 g/mol. The first-order valence-corrected chi connectivity index (χ1v) is 6.80. The normalized spacial score (nSPS) is 17.2. The summed E-state index contributed by atoms with van der Waals surface area (Å²) >= 11 is 5.13. The first-order valence-electron chi connectivity index (χ1n) is 6.40. The van der Waals surface area contributed by atoms with Crippen LogP contribution in [-0.4, -0.2) is 43.1 Å². The van der Waals surface area contributed by atoms with Gasteiger partial charge in [0.1, 0.15) is 4.99 Å². The van der Waals surface area contributed by atoms with E-state index in [0.717, 1.165) is 18.7 Å². The lowest BCUT2D eigenvalue weighted by atomic mass is 10.0. The van der Waals surface area contributed by atoms with E-state index in [1.165, 1.54) is 18.5 Å². The summed E-state index contributed by atoms with van der Waals surface area (Å²) in [7, 11) is 4.31. The van der Waals surface area contributed by atoms with Crippen LogP contribution >= 0.6 is 12.2 Å². The minimum Gasteiger partial charge on any atom is -0.389 e. The Balaban J connectivity index is 2.12. The van der Waals surface area contributed by atoms with Crippen LogP contribution in [-0.2, 0) is 0 Å². The molecule has 2 N–H and O–H groups in total. The zero-order chi connectivity index (χ0) is 13.1. The number of thiocarbonyl (C=S) groups is 1. The molecule has 1 saturated heterocycles. The lowest BCUT2D eigenvalue weighted by Gasteiger charge is -2.37. The molecule has 0 bridgehead atoms. The van der Waals surface area contributed by atoms with Crippen molar-refractivity contribution in [2.45, 2.75) is 18.9 Å². The summed E-state index contributed by atoms with van der Waals surface area (Å²) < 4.78 is 0. The van der Waals surface area contributed by atoms with E-state index in [-0.39, 0.29) is 0 Å². The third kappa shape index (κ3) is 2.82. The number of anilines is 1. The Labute approximate surface area is 115 Å². The van der Waals surface area contributed by atoms with Gasteiger partial charge in [0.15, 0.2) is 0 Å².